The van der Waals surface area contributed by atoms with Crippen LogP contribution in [0.5, 0.6) is 0 Å². The molecule has 0 saturated heterocycles. The first-order valence-corrected chi connectivity index (χ1v) is 4.99. The first kappa shape index (κ1) is 13.6. The van der Waals surface area contributed by atoms with Gasteiger partial charge < -0.3 is 10.4 Å². The lowest BCUT2D eigenvalue weighted by atomic mass is 10.1. The van der Waals surface area contributed by atoms with E-state index in [2.05, 4.69) is 11.9 Å². The molecule has 4 nitrogen and oxygen atoms in total. The van der Waals surface area contributed by atoms with E-state index in [4.69, 9.17) is 10.4 Å². The topological polar surface area (TPSA) is 73.1 Å². The molecule has 2 N–H and O–H groups in total. The summed E-state index contributed by atoms with van der Waals surface area (Å²) in [5.41, 5.74) is -0.741. The third kappa shape index (κ3) is 3.04. The van der Waals surface area contributed by atoms with Crippen molar-refractivity contribution in [1.29, 1.82) is 5.26 Å². The summed E-state index contributed by atoms with van der Waals surface area (Å²) in [6, 6.07) is 2.08. The Bertz CT molecular complexity index is 500. The smallest absolute Gasteiger partial charge is 0.326 e. The molecule has 94 valence electrons. The first-order chi connectivity index (χ1) is 8.49. The predicted octanol–water partition coefficient (Wildman–Crippen LogP) is 2.28. The fraction of sp³-hybridized carbons (Fsp3) is 0.167. The molecule has 1 rings (SSSR count). The van der Waals surface area contributed by atoms with Crippen LogP contribution in [0, 0.1) is 23.0 Å². The van der Waals surface area contributed by atoms with Crippen molar-refractivity contribution in [3.05, 3.63) is 42.0 Å². The van der Waals surface area contributed by atoms with Crippen molar-refractivity contribution in [1.82, 2.24) is 0 Å². The second-order valence-corrected chi connectivity index (χ2v) is 3.49. The standard InChI is InChI=1S/C12H10F2N2O2/c1-2-3-10(12(17)18)16-11-8(13)4-7(6-15)5-9(11)14/h2,4-5,10,16H,1,3H2,(H,17,18). The van der Waals surface area contributed by atoms with Gasteiger partial charge in [0.25, 0.3) is 0 Å². The SMILES string of the molecule is C=CCC(Nc1c(F)cc(C#N)cc1F)C(=O)O. The molecule has 0 fully saturated rings. The van der Waals surface area contributed by atoms with Crippen molar-refractivity contribution in [2.75, 3.05) is 5.32 Å². The van der Waals surface area contributed by atoms with Crippen LogP contribution in [0.4, 0.5) is 14.5 Å². The summed E-state index contributed by atoms with van der Waals surface area (Å²) in [6.07, 6.45) is 1.33. The number of anilines is 1. The monoisotopic (exact) mass is 252 g/mol. The second kappa shape index (κ2) is 5.77. The van der Waals surface area contributed by atoms with E-state index in [1.54, 1.807) is 6.07 Å². The number of halogens is 2. The normalized spacial score (nSPS) is 11.4. The Labute approximate surface area is 102 Å². The number of hydrogen-bond donors (Lipinski definition) is 2. The Morgan fingerprint density at radius 1 is 1.56 bits per heavy atom. The number of benzene rings is 1. The van der Waals surface area contributed by atoms with Crippen molar-refractivity contribution in [2.24, 2.45) is 0 Å². The van der Waals surface area contributed by atoms with Crippen LogP contribution in [0.25, 0.3) is 0 Å². The zero-order chi connectivity index (χ0) is 13.7. The Morgan fingerprint density at radius 2 is 2.11 bits per heavy atom. The molecule has 0 spiro atoms. The first-order valence-electron chi connectivity index (χ1n) is 4.99. The van der Waals surface area contributed by atoms with E-state index in [0.29, 0.717) is 0 Å². The molecule has 0 bridgehead atoms. The van der Waals surface area contributed by atoms with E-state index < -0.39 is 29.3 Å². The number of nitriles is 1. The minimum atomic E-state index is -1.25. The second-order valence-electron chi connectivity index (χ2n) is 3.49. The van der Waals surface area contributed by atoms with Crippen LogP contribution in [-0.2, 0) is 4.79 Å². The van der Waals surface area contributed by atoms with Crippen molar-refractivity contribution in [3.8, 4) is 6.07 Å². The average Bonchev–Trinajstić information content (AvgIpc) is 2.31. The van der Waals surface area contributed by atoms with Gasteiger partial charge in [-0.2, -0.15) is 5.26 Å². The molecule has 1 unspecified atom stereocenters. The van der Waals surface area contributed by atoms with Crippen molar-refractivity contribution >= 4 is 11.7 Å². The number of carboxylic acid groups (broad SMARTS) is 1. The Hall–Kier alpha value is -2.42. The molecule has 0 aromatic heterocycles. The van der Waals surface area contributed by atoms with Crippen molar-refractivity contribution in [2.45, 2.75) is 12.5 Å². The number of rotatable bonds is 5. The summed E-state index contributed by atoms with van der Waals surface area (Å²) >= 11 is 0. The summed E-state index contributed by atoms with van der Waals surface area (Å²) < 4.78 is 27.0. The molecule has 1 aromatic rings. The van der Waals surface area contributed by atoms with Gasteiger partial charge in [0.2, 0.25) is 0 Å². The summed E-state index contributed by atoms with van der Waals surface area (Å²) in [5.74, 6) is -3.28. The molecule has 0 saturated carbocycles. The van der Waals surface area contributed by atoms with Crippen LogP contribution < -0.4 is 5.32 Å². The van der Waals surface area contributed by atoms with Gasteiger partial charge >= 0.3 is 5.97 Å². The quantitative estimate of drug-likeness (QED) is 0.788. The number of carbonyl (C=O) groups is 1. The van der Waals surface area contributed by atoms with Gasteiger partial charge in [-0.3, -0.25) is 0 Å². The van der Waals surface area contributed by atoms with Crippen LogP contribution in [0.3, 0.4) is 0 Å². The fourth-order valence-electron chi connectivity index (χ4n) is 1.34. The van der Waals surface area contributed by atoms with Crippen molar-refractivity contribution < 1.29 is 18.7 Å². The predicted molar refractivity (Wildman–Crippen MR) is 60.9 cm³/mol. The highest BCUT2D eigenvalue weighted by Gasteiger charge is 2.20. The lowest BCUT2D eigenvalue weighted by Crippen LogP contribution is -2.29. The maximum absolute atomic E-state index is 13.5. The van der Waals surface area contributed by atoms with Gasteiger partial charge in [0.1, 0.15) is 11.7 Å². The molecule has 1 atom stereocenters. The van der Waals surface area contributed by atoms with E-state index in [0.717, 1.165) is 12.1 Å². The van der Waals surface area contributed by atoms with Gasteiger partial charge in [-0.25, -0.2) is 13.6 Å². The lowest BCUT2D eigenvalue weighted by molar-refractivity contribution is -0.137. The molecule has 0 radical (unpaired) electrons. The van der Waals surface area contributed by atoms with Gasteiger partial charge in [-0.05, 0) is 18.6 Å². The minimum absolute atomic E-state index is 0.00815. The summed E-state index contributed by atoms with van der Waals surface area (Å²) in [6.45, 7) is 3.36. The Morgan fingerprint density at radius 3 is 2.50 bits per heavy atom. The molecule has 1 aromatic carbocycles. The number of nitrogens with one attached hydrogen (secondary N) is 1. The highest BCUT2D eigenvalue weighted by atomic mass is 19.1. The molecule has 6 heteroatoms. The van der Waals surface area contributed by atoms with E-state index >= 15 is 0 Å². The van der Waals surface area contributed by atoms with Crippen molar-refractivity contribution in [3.63, 3.8) is 0 Å². The van der Waals surface area contributed by atoms with E-state index in [1.807, 2.05) is 0 Å². The number of carboxylic acids is 1. The van der Waals surface area contributed by atoms with E-state index in [-0.39, 0.29) is 12.0 Å². The summed E-state index contributed by atoms with van der Waals surface area (Å²) in [4.78, 5) is 10.8. The van der Waals surface area contributed by atoms with Crippen LogP contribution in [-0.4, -0.2) is 17.1 Å². The van der Waals surface area contributed by atoms with Crippen LogP contribution in [0.2, 0.25) is 0 Å². The maximum atomic E-state index is 13.5. The van der Waals surface area contributed by atoms with Crippen LogP contribution >= 0.6 is 0 Å². The Kier molecular flexibility index (Phi) is 4.38. The molecule has 0 aliphatic carbocycles. The fourth-order valence-corrected chi connectivity index (χ4v) is 1.34. The molecule has 0 amide bonds. The van der Waals surface area contributed by atoms with Gasteiger partial charge in [0, 0.05) is 0 Å². The number of hydrogen-bond acceptors (Lipinski definition) is 3. The molecule has 0 aliphatic heterocycles. The summed E-state index contributed by atoms with van der Waals surface area (Å²) in [5, 5.41) is 19.6. The maximum Gasteiger partial charge on any atom is 0.326 e. The highest BCUT2D eigenvalue weighted by molar-refractivity contribution is 5.77. The third-order valence-electron chi connectivity index (χ3n) is 2.19. The minimum Gasteiger partial charge on any atom is -0.480 e. The van der Waals surface area contributed by atoms with Gasteiger partial charge in [-0.1, -0.05) is 6.08 Å². The third-order valence-corrected chi connectivity index (χ3v) is 2.19. The highest BCUT2D eigenvalue weighted by Crippen LogP contribution is 2.22. The van der Waals surface area contributed by atoms with Gasteiger partial charge in [-0.15, -0.1) is 6.58 Å². The molecule has 18 heavy (non-hydrogen) atoms. The molecule has 0 aliphatic rings. The van der Waals surface area contributed by atoms with E-state index in [9.17, 15) is 13.6 Å². The van der Waals surface area contributed by atoms with Crippen LogP contribution in [0.15, 0.2) is 24.8 Å². The van der Waals surface area contributed by atoms with Gasteiger partial charge in [0.05, 0.1) is 11.6 Å². The zero-order valence-corrected chi connectivity index (χ0v) is 9.28. The Balaban J connectivity index is 3.07. The largest absolute Gasteiger partial charge is 0.480 e. The van der Waals surface area contributed by atoms with E-state index in [1.165, 1.54) is 6.08 Å². The summed E-state index contributed by atoms with van der Waals surface area (Å²) in [7, 11) is 0. The average molecular weight is 252 g/mol. The molecular formula is C12H10F2N2O2. The number of aliphatic carboxylic acids is 1. The van der Waals surface area contributed by atoms with Gasteiger partial charge in [0.15, 0.2) is 11.6 Å². The lowest BCUT2D eigenvalue weighted by Gasteiger charge is -2.15. The number of nitrogens with zero attached hydrogens (tertiary/aromatic N) is 1. The molecular weight excluding hydrogens is 242 g/mol. The van der Waals surface area contributed by atoms with Crippen LogP contribution in [0.1, 0.15) is 12.0 Å². The molecule has 0 heterocycles. The zero-order valence-electron chi connectivity index (χ0n) is 9.28.